The maximum Gasteiger partial charge on any atom is 0.470 e. The highest BCUT2D eigenvalue weighted by Gasteiger charge is 2.24. The largest absolute Gasteiger partial charge is 0.470 e. The summed E-state index contributed by atoms with van der Waals surface area (Å²) >= 11 is 0. The molecule has 0 aliphatic carbocycles. The van der Waals surface area contributed by atoms with Crippen molar-refractivity contribution in [2.75, 3.05) is 6.16 Å². The van der Waals surface area contributed by atoms with Crippen LogP contribution in [0.3, 0.4) is 0 Å². The molecule has 11 heavy (non-hydrogen) atoms. The van der Waals surface area contributed by atoms with E-state index in [4.69, 9.17) is 9.79 Å². The fourth-order valence-electron chi connectivity index (χ4n) is 0.798. The van der Waals surface area contributed by atoms with Gasteiger partial charge in [0.25, 0.3) is 0 Å². The van der Waals surface area contributed by atoms with E-state index >= 15 is 0 Å². The third kappa shape index (κ3) is 3.32. The minimum Gasteiger partial charge on any atom is -0.322 e. The van der Waals surface area contributed by atoms with E-state index in [2.05, 4.69) is 4.52 Å². The Labute approximate surface area is 64.1 Å². The van der Waals surface area contributed by atoms with Gasteiger partial charge in [-0.2, -0.15) is 0 Å². The van der Waals surface area contributed by atoms with E-state index in [9.17, 15) is 9.13 Å². The van der Waals surface area contributed by atoms with Gasteiger partial charge >= 0.3 is 7.82 Å². The SMILES string of the molecule is O=[PH]1C=CC(OP(=O)(O)O)C1. The predicted octanol–water partition coefficient (Wildman–Crippen LogP) is 0.551. The Bertz CT molecular complexity index is 241. The van der Waals surface area contributed by atoms with E-state index in [1.165, 1.54) is 11.9 Å². The zero-order chi connectivity index (χ0) is 8.48. The topological polar surface area (TPSA) is 83.8 Å². The molecule has 0 radical (unpaired) electrons. The molecule has 0 fully saturated rings. The third-order valence-corrected chi connectivity index (χ3v) is 3.09. The second kappa shape index (κ2) is 3.21. The van der Waals surface area contributed by atoms with Crippen LogP contribution in [0.15, 0.2) is 11.9 Å². The van der Waals surface area contributed by atoms with Crippen LogP contribution in [-0.2, 0) is 13.7 Å². The van der Waals surface area contributed by atoms with E-state index in [1.54, 1.807) is 0 Å². The van der Waals surface area contributed by atoms with E-state index < -0.39 is 21.7 Å². The summed E-state index contributed by atoms with van der Waals surface area (Å²) in [5.74, 6) is 1.44. The van der Waals surface area contributed by atoms with Crippen molar-refractivity contribution in [3.63, 3.8) is 0 Å². The minimum absolute atomic E-state index is 0.204. The normalized spacial score (nSPS) is 31.1. The van der Waals surface area contributed by atoms with Crippen LogP contribution in [0.1, 0.15) is 0 Å². The summed E-state index contributed by atoms with van der Waals surface area (Å²) in [7, 11) is -6.19. The molecule has 0 spiro atoms. The molecule has 0 saturated carbocycles. The predicted molar refractivity (Wildman–Crippen MR) is 39.9 cm³/mol. The molecular formula is C4H8O5P2. The van der Waals surface area contributed by atoms with Gasteiger partial charge in [-0.3, -0.25) is 4.52 Å². The number of phosphoric acid groups is 1. The Morgan fingerprint density at radius 2 is 2.27 bits per heavy atom. The Hall–Kier alpha value is 0.0800. The van der Waals surface area contributed by atoms with Crippen molar-refractivity contribution in [3.8, 4) is 0 Å². The van der Waals surface area contributed by atoms with Gasteiger partial charge in [-0.25, -0.2) is 4.57 Å². The van der Waals surface area contributed by atoms with Gasteiger partial charge in [0.1, 0.15) is 0 Å². The zero-order valence-electron chi connectivity index (χ0n) is 5.51. The lowest BCUT2D eigenvalue weighted by Crippen LogP contribution is -2.07. The molecule has 7 heteroatoms. The van der Waals surface area contributed by atoms with Crippen LogP contribution in [0.5, 0.6) is 0 Å². The van der Waals surface area contributed by atoms with Crippen LogP contribution < -0.4 is 0 Å². The molecule has 1 rings (SSSR count). The first-order valence-electron chi connectivity index (χ1n) is 2.92. The van der Waals surface area contributed by atoms with Crippen molar-refractivity contribution in [2.45, 2.75) is 6.10 Å². The maximum atomic E-state index is 10.7. The second-order valence-corrected chi connectivity index (χ2v) is 5.03. The highest BCUT2D eigenvalue weighted by molar-refractivity contribution is 7.49. The molecule has 2 atom stereocenters. The molecule has 2 N–H and O–H groups in total. The Morgan fingerprint density at radius 1 is 1.64 bits per heavy atom. The van der Waals surface area contributed by atoms with Crippen LogP contribution >= 0.6 is 15.6 Å². The highest BCUT2D eigenvalue weighted by atomic mass is 31.2. The van der Waals surface area contributed by atoms with Crippen LogP contribution in [-0.4, -0.2) is 22.1 Å². The van der Waals surface area contributed by atoms with E-state index in [-0.39, 0.29) is 6.16 Å². The van der Waals surface area contributed by atoms with Crippen LogP contribution in [0.25, 0.3) is 0 Å². The second-order valence-electron chi connectivity index (χ2n) is 2.16. The van der Waals surface area contributed by atoms with Crippen molar-refractivity contribution < 1.29 is 23.4 Å². The highest BCUT2D eigenvalue weighted by Crippen LogP contribution is 2.42. The number of phosphoric ester groups is 1. The van der Waals surface area contributed by atoms with Crippen molar-refractivity contribution in [3.05, 3.63) is 11.9 Å². The summed E-state index contributed by atoms with van der Waals surface area (Å²) in [6.45, 7) is 0. The number of hydrogen-bond donors (Lipinski definition) is 2. The van der Waals surface area contributed by atoms with Crippen LogP contribution in [0.4, 0.5) is 0 Å². The van der Waals surface area contributed by atoms with Gasteiger partial charge < -0.3 is 14.4 Å². The van der Waals surface area contributed by atoms with E-state index in [0.29, 0.717) is 0 Å². The summed E-state index contributed by atoms with van der Waals surface area (Å²) in [4.78, 5) is 16.7. The molecule has 1 aliphatic heterocycles. The smallest absolute Gasteiger partial charge is 0.322 e. The van der Waals surface area contributed by atoms with Gasteiger partial charge in [0.05, 0.1) is 13.9 Å². The molecule has 0 aromatic rings. The molecule has 1 heterocycles. The van der Waals surface area contributed by atoms with Crippen molar-refractivity contribution in [2.24, 2.45) is 0 Å². The first-order valence-corrected chi connectivity index (χ1v) is 6.15. The average Bonchev–Trinajstić information content (AvgIpc) is 2.10. The molecule has 0 amide bonds. The molecule has 64 valence electrons. The average molecular weight is 198 g/mol. The van der Waals surface area contributed by atoms with E-state index in [1.807, 2.05) is 0 Å². The van der Waals surface area contributed by atoms with Gasteiger partial charge in [0, 0.05) is 6.16 Å². The molecule has 2 unspecified atom stereocenters. The summed E-state index contributed by atoms with van der Waals surface area (Å²) in [5, 5.41) is 0. The summed E-state index contributed by atoms with van der Waals surface area (Å²) < 4.78 is 25.2. The lowest BCUT2D eigenvalue weighted by molar-refractivity contribution is 0.174. The van der Waals surface area contributed by atoms with Crippen molar-refractivity contribution in [1.29, 1.82) is 0 Å². The third-order valence-electron chi connectivity index (χ3n) is 1.17. The van der Waals surface area contributed by atoms with Gasteiger partial charge in [-0.1, -0.05) is 6.08 Å². The number of rotatable bonds is 2. The van der Waals surface area contributed by atoms with Gasteiger partial charge in [-0.15, -0.1) is 0 Å². The number of hydrogen-bond acceptors (Lipinski definition) is 3. The monoisotopic (exact) mass is 198 g/mol. The molecule has 1 aliphatic rings. The molecule has 0 bridgehead atoms. The quantitative estimate of drug-likeness (QED) is 0.633. The van der Waals surface area contributed by atoms with Crippen LogP contribution in [0.2, 0.25) is 0 Å². The van der Waals surface area contributed by atoms with Gasteiger partial charge in [0.2, 0.25) is 0 Å². The Balaban J connectivity index is 2.48. The maximum absolute atomic E-state index is 10.7. The minimum atomic E-state index is -4.42. The zero-order valence-corrected chi connectivity index (χ0v) is 7.40. The van der Waals surface area contributed by atoms with Crippen molar-refractivity contribution >= 4 is 15.6 Å². The van der Waals surface area contributed by atoms with Crippen LogP contribution in [0, 0.1) is 0 Å². The molecule has 0 saturated heterocycles. The fraction of sp³-hybridized carbons (Fsp3) is 0.500. The lowest BCUT2D eigenvalue weighted by atomic mass is 10.4. The molecule has 0 aromatic carbocycles. The lowest BCUT2D eigenvalue weighted by Gasteiger charge is -2.08. The summed E-state index contributed by atoms with van der Waals surface area (Å²) in [5.41, 5.74) is 0. The summed E-state index contributed by atoms with van der Waals surface area (Å²) in [6, 6.07) is 0. The fourth-order valence-corrected chi connectivity index (χ4v) is 2.62. The van der Waals surface area contributed by atoms with Gasteiger partial charge in [0.15, 0.2) is 0 Å². The van der Waals surface area contributed by atoms with Gasteiger partial charge in [-0.05, 0) is 5.82 Å². The first kappa shape index (κ1) is 9.17. The standard InChI is InChI=1S/C4H8O5P2/c5-10-2-1-4(3-10)9-11(6,7)8/h1-2,4,10H,3H2,(H2,6,7,8). The van der Waals surface area contributed by atoms with E-state index in [0.717, 1.165) is 0 Å². The Kier molecular flexibility index (Phi) is 2.68. The Morgan fingerprint density at radius 3 is 2.64 bits per heavy atom. The first-order chi connectivity index (χ1) is 4.97. The summed E-state index contributed by atoms with van der Waals surface area (Å²) in [6.07, 6.45) is 0.943. The molecule has 0 aromatic heterocycles. The van der Waals surface area contributed by atoms with Crippen molar-refractivity contribution in [1.82, 2.24) is 0 Å². The molecule has 5 nitrogen and oxygen atoms in total. The molecular weight excluding hydrogens is 190 g/mol.